The zero-order valence-electron chi connectivity index (χ0n) is 11.8. The molecule has 0 aliphatic heterocycles. The fourth-order valence-electron chi connectivity index (χ4n) is 1.84. The van der Waals surface area contributed by atoms with E-state index in [9.17, 15) is 4.79 Å². The largest absolute Gasteiger partial charge is 0.374 e. The van der Waals surface area contributed by atoms with Crippen molar-refractivity contribution in [2.45, 2.75) is 19.9 Å². The van der Waals surface area contributed by atoms with Crippen LogP contribution in [0.3, 0.4) is 0 Å². The second kappa shape index (κ2) is 8.17. The topological polar surface area (TPSA) is 44.4 Å². The van der Waals surface area contributed by atoms with Crippen molar-refractivity contribution >= 4 is 27.5 Å². The van der Waals surface area contributed by atoms with Crippen LogP contribution >= 0.6 is 15.9 Å². The van der Waals surface area contributed by atoms with Crippen LogP contribution in [0.5, 0.6) is 0 Å². The Balaban J connectivity index is 2.76. The van der Waals surface area contributed by atoms with Gasteiger partial charge >= 0.3 is 0 Å². The van der Waals surface area contributed by atoms with Gasteiger partial charge in [-0.15, -0.1) is 0 Å². The highest BCUT2D eigenvalue weighted by Gasteiger charge is 2.09. The van der Waals surface area contributed by atoms with E-state index in [1.165, 1.54) is 5.56 Å². The summed E-state index contributed by atoms with van der Waals surface area (Å²) in [7, 11) is 3.68. The van der Waals surface area contributed by atoms with Crippen molar-refractivity contribution < 1.29 is 4.79 Å². The molecule has 0 saturated carbocycles. The van der Waals surface area contributed by atoms with Gasteiger partial charge in [-0.25, -0.2) is 0 Å². The van der Waals surface area contributed by atoms with E-state index in [1.807, 2.05) is 13.1 Å². The van der Waals surface area contributed by atoms with Gasteiger partial charge in [0, 0.05) is 43.8 Å². The molecule has 0 aromatic heterocycles. The number of hydrogen-bond donors (Lipinski definition) is 2. The molecule has 19 heavy (non-hydrogen) atoms. The minimum absolute atomic E-state index is 0.0668. The van der Waals surface area contributed by atoms with Gasteiger partial charge in [0.25, 0.3) is 0 Å². The lowest BCUT2D eigenvalue weighted by atomic mass is 10.1. The maximum absolute atomic E-state index is 11.3. The average molecular weight is 328 g/mol. The fraction of sp³-hybridized carbons (Fsp3) is 0.500. The summed E-state index contributed by atoms with van der Waals surface area (Å²) in [6, 6.07) is 6.23. The molecule has 1 rings (SSSR count). The Morgan fingerprint density at radius 1 is 1.42 bits per heavy atom. The van der Waals surface area contributed by atoms with E-state index in [-0.39, 0.29) is 5.91 Å². The summed E-state index contributed by atoms with van der Waals surface area (Å²) < 4.78 is 1.07. The molecule has 0 saturated heterocycles. The number of anilines is 1. The molecule has 0 heterocycles. The first-order chi connectivity index (χ1) is 9.08. The molecule has 1 amide bonds. The molecule has 0 aliphatic carbocycles. The fourth-order valence-corrected chi connectivity index (χ4v) is 2.25. The Bertz CT molecular complexity index is 423. The van der Waals surface area contributed by atoms with Crippen molar-refractivity contribution in [3.05, 3.63) is 28.2 Å². The highest BCUT2D eigenvalue weighted by molar-refractivity contribution is 9.10. The third-order valence-corrected chi connectivity index (χ3v) is 3.46. The Kier molecular flexibility index (Phi) is 6.87. The smallest absolute Gasteiger partial charge is 0.221 e. The number of carbonyl (C=O) groups excluding carboxylic acids is 1. The number of amides is 1. The van der Waals surface area contributed by atoms with Gasteiger partial charge in [0.05, 0.1) is 0 Å². The van der Waals surface area contributed by atoms with E-state index < -0.39 is 0 Å². The second-order valence-electron chi connectivity index (χ2n) is 4.40. The molecular formula is C14H22BrN3O. The van der Waals surface area contributed by atoms with Crippen molar-refractivity contribution in [2.24, 2.45) is 0 Å². The lowest BCUT2D eigenvalue weighted by Gasteiger charge is -2.22. The quantitative estimate of drug-likeness (QED) is 0.806. The van der Waals surface area contributed by atoms with Crippen LogP contribution in [0.1, 0.15) is 18.9 Å². The molecule has 4 nitrogen and oxygen atoms in total. The zero-order valence-corrected chi connectivity index (χ0v) is 13.4. The maximum Gasteiger partial charge on any atom is 0.221 e. The van der Waals surface area contributed by atoms with Crippen LogP contribution in [-0.4, -0.2) is 33.1 Å². The van der Waals surface area contributed by atoms with Crippen LogP contribution in [0.25, 0.3) is 0 Å². The van der Waals surface area contributed by atoms with Crippen LogP contribution in [0.2, 0.25) is 0 Å². The van der Waals surface area contributed by atoms with Gasteiger partial charge < -0.3 is 15.5 Å². The van der Waals surface area contributed by atoms with Crippen LogP contribution < -0.4 is 15.5 Å². The summed E-state index contributed by atoms with van der Waals surface area (Å²) in [4.78, 5) is 13.4. The molecule has 1 aromatic carbocycles. The van der Waals surface area contributed by atoms with Gasteiger partial charge in [0.2, 0.25) is 5.91 Å². The minimum Gasteiger partial charge on any atom is -0.374 e. The molecule has 0 spiro atoms. The first kappa shape index (κ1) is 16.0. The van der Waals surface area contributed by atoms with Crippen molar-refractivity contribution in [3.63, 3.8) is 0 Å². The predicted octanol–water partition coefficient (Wildman–Crippen LogP) is 2.13. The number of carbonyl (C=O) groups is 1. The van der Waals surface area contributed by atoms with E-state index in [2.05, 4.69) is 50.5 Å². The number of halogens is 1. The SMILES string of the molecule is CCNCc1cc(Br)ccc1N(C)CCC(=O)NC. The molecule has 0 bridgehead atoms. The zero-order chi connectivity index (χ0) is 14.3. The predicted molar refractivity (Wildman–Crippen MR) is 83.5 cm³/mol. The summed E-state index contributed by atoms with van der Waals surface area (Å²) in [5.41, 5.74) is 2.39. The van der Waals surface area contributed by atoms with Gasteiger partial charge in [-0.1, -0.05) is 22.9 Å². The Morgan fingerprint density at radius 3 is 2.79 bits per heavy atom. The first-order valence-electron chi connectivity index (χ1n) is 6.49. The standard InChI is InChI=1S/C14H22BrN3O/c1-4-17-10-11-9-12(15)5-6-13(11)18(3)8-7-14(19)16-2/h5-6,9,17H,4,7-8,10H2,1-3H3,(H,16,19). The Hall–Kier alpha value is -1.07. The number of benzene rings is 1. The van der Waals surface area contributed by atoms with E-state index in [0.29, 0.717) is 13.0 Å². The summed E-state index contributed by atoms with van der Waals surface area (Å²) in [6.45, 7) is 4.57. The molecule has 0 fully saturated rings. The van der Waals surface area contributed by atoms with Gasteiger partial charge in [0.1, 0.15) is 0 Å². The lowest BCUT2D eigenvalue weighted by Crippen LogP contribution is -2.27. The third kappa shape index (κ3) is 5.20. The lowest BCUT2D eigenvalue weighted by molar-refractivity contribution is -0.120. The molecule has 1 aromatic rings. The maximum atomic E-state index is 11.3. The van der Waals surface area contributed by atoms with E-state index in [1.54, 1.807) is 7.05 Å². The van der Waals surface area contributed by atoms with Crippen LogP contribution in [0.15, 0.2) is 22.7 Å². The summed E-state index contributed by atoms with van der Waals surface area (Å²) in [6.07, 6.45) is 0.504. The van der Waals surface area contributed by atoms with E-state index >= 15 is 0 Å². The van der Waals surface area contributed by atoms with Crippen LogP contribution in [0.4, 0.5) is 5.69 Å². The van der Waals surface area contributed by atoms with Crippen LogP contribution in [-0.2, 0) is 11.3 Å². The highest BCUT2D eigenvalue weighted by atomic mass is 79.9. The van der Waals surface area contributed by atoms with Crippen molar-refractivity contribution in [1.29, 1.82) is 0 Å². The molecular weight excluding hydrogens is 306 g/mol. The molecule has 0 radical (unpaired) electrons. The van der Waals surface area contributed by atoms with E-state index in [4.69, 9.17) is 0 Å². The first-order valence-corrected chi connectivity index (χ1v) is 7.28. The monoisotopic (exact) mass is 327 g/mol. The van der Waals surface area contributed by atoms with Crippen molar-refractivity contribution in [2.75, 3.05) is 32.1 Å². The number of nitrogens with zero attached hydrogens (tertiary/aromatic N) is 1. The van der Waals surface area contributed by atoms with Crippen LogP contribution in [0, 0.1) is 0 Å². The molecule has 0 atom stereocenters. The highest BCUT2D eigenvalue weighted by Crippen LogP contribution is 2.24. The molecule has 2 N–H and O–H groups in total. The third-order valence-electron chi connectivity index (χ3n) is 2.97. The number of rotatable bonds is 7. The molecule has 5 heteroatoms. The summed E-state index contributed by atoms with van der Waals surface area (Å²) in [5, 5.41) is 5.98. The van der Waals surface area contributed by atoms with Gasteiger partial charge in [-0.2, -0.15) is 0 Å². The Labute approximate surface area is 123 Å². The molecule has 106 valence electrons. The summed E-state index contributed by atoms with van der Waals surface area (Å²) in [5.74, 6) is 0.0668. The number of nitrogens with one attached hydrogen (secondary N) is 2. The summed E-state index contributed by atoms with van der Waals surface area (Å²) >= 11 is 3.50. The molecule has 0 unspecified atom stereocenters. The average Bonchev–Trinajstić information content (AvgIpc) is 2.42. The second-order valence-corrected chi connectivity index (χ2v) is 5.31. The normalized spacial score (nSPS) is 10.3. The van der Waals surface area contributed by atoms with Gasteiger partial charge in [-0.05, 0) is 30.3 Å². The minimum atomic E-state index is 0.0668. The molecule has 0 aliphatic rings. The van der Waals surface area contributed by atoms with Gasteiger partial charge in [-0.3, -0.25) is 4.79 Å². The van der Waals surface area contributed by atoms with E-state index in [0.717, 1.165) is 23.2 Å². The van der Waals surface area contributed by atoms with Gasteiger partial charge in [0.15, 0.2) is 0 Å². The van der Waals surface area contributed by atoms with Crippen molar-refractivity contribution in [1.82, 2.24) is 10.6 Å². The van der Waals surface area contributed by atoms with Crippen molar-refractivity contribution in [3.8, 4) is 0 Å². The Morgan fingerprint density at radius 2 is 2.16 bits per heavy atom. The number of hydrogen-bond acceptors (Lipinski definition) is 3.